The normalized spacial score (nSPS) is 11.0. The molecule has 31 heavy (non-hydrogen) atoms. The van der Waals surface area contributed by atoms with Crippen LogP contribution in [0.15, 0.2) is 66.0 Å². The van der Waals surface area contributed by atoms with Crippen LogP contribution in [0.25, 0.3) is 11.6 Å². The van der Waals surface area contributed by atoms with E-state index in [4.69, 9.17) is 16.3 Å². The van der Waals surface area contributed by atoms with E-state index in [9.17, 15) is 18.8 Å². The van der Waals surface area contributed by atoms with Crippen molar-refractivity contribution in [2.75, 3.05) is 6.61 Å². The number of amides is 2. The van der Waals surface area contributed by atoms with E-state index in [2.05, 4.69) is 10.9 Å². The molecule has 0 saturated heterocycles. The Morgan fingerprint density at radius 3 is 2.35 bits per heavy atom. The lowest BCUT2D eigenvalue weighted by molar-refractivity contribution is -0.143. The van der Waals surface area contributed by atoms with Gasteiger partial charge in [0.2, 0.25) is 0 Å². The number of hydrogen-bond donors (Lipinski definition) is 2. The van der Waals surface area contributed by atoms with Crippen LogP contribution in [-0.4, -0.2) is 24.4 Å². The molecule has 0 radical (unpaired) electrons. The Kier molecular flexibility index (Phi) is 7.53. The van der Waals surface area contributed by atoms with Crippen molar-refractivity contribution in [1.29, 1.82) is 0 Å². The summed E-state index contributed by atoms with van der Waals surface area (Å²) in [6.07, 6.45) is 1.55. The third kappa shape index (κ3) is 6.50. The average molecular weight is 459 g/mol. The van der Waals surface area contributed by atoms with E-state index < -0.39 is 30.2 Å². The molecular weight excluding hydrogens is 443 g/mol. The third-order valence-corrected chi connectivity index (χ3v) is 5.10. The predicted octanol–water partition coefficient (Wildman–Crippen LogP) is 4.09. The number of carbonyl (C=O) groups is 3. The topological polar surface area (TPSA) is 84.5 Å². The largest absolute Gasteiger partial charge is 0.452 e. The second-order valence-corrected chi connectivity index (χ2v) is 7.56. The Labute approximate surface area is 186 Å². The first-order valence-corrected chi connectivity index (χ1v) is 10.2. The number of carbonyl (C=O) groups excluding carboxylic acids is 3. The SMILES string of the molecule is O=C(COC(=O)C(=Cc1ccc(F)cc1)c1cccs1)NNC(=O)c1ccc(Cl)cc1. The second-order valence-electron chi connectivity index (χ2n) is 6.17. The third-order valence-electron chi connectivity index (χ3n) is 3.94. The van der Waals surface area contributed by atoms with Crippen LogP contribution >= 0.6 is 22.9 Å². The monoisotopic (exact) mass is 458 g/mol. The molecule has 3 rings (SSSR count). The summed E-state index contributed by atoms with van der Waals surface area (Å²) < 4.78 is 18.2. The predicted molar refractivity (Wildman–Crippen MR) is 117 cm³/mol. The van der Waals surface area contributed by atoms with Crippen molar-refractivity contribution in [3.8, 4) is 0 Å². The number of hydrogen-bond acceptors (Lipinski definition) is 5. The minimum Gasteiger partial charge on any atom is -0.452 e. The van der Waals surface area contributed by atoms with Gasteiger partial charge in [-0.3, -0.25) is 20.4 Å². The van der Waals surface area contributed by atoms with Crippen molar-refractivity contribution in [1.82, 2.24) is 10.9 Å². The summed E-state index contributed by atoms with van der Waals surface area (Å²) in [5.41, 5.74) is 5.51. The van der Waals surface area contributed by atoms with Crippen LogP contribution in [0.5, 0.6) is 0 Å². The number of thiophene rings is 1. The lowest BCUT2D eigenvalue weighted by Gasteiger charge is -2.09. The van der Waals surface area contributed by atoms with Crippen molar-refractivity contribution < 1.29 is 23.5 Å². The van der Waals surface area contributed by atoms with Gasteiger partial charge in [0, 0.05) is 15.5 Å². The van der Waals surface area contributed by atoms with Gasteiger partial charge in [-0.1, -0.05) is 29.8 Å². The van der Waals surface area contributed by atoms with E-state index in [1.54, 1.807) is 35.7 Å². The number of ether oxygens (including phenoxy) is 1. The van der Waals surface area contributed by atoms with Crippen LogP contribution in [0.4, 0.5) is 4.39 Å². The van der Waals surface area contributed by atoms with Gasteiger partial charge < -0.3 is 4.74 Å². The van der Waals surface area contributed by atoms with Crippen molar-refractivity contribution in [3.63, 3.8) is 0 Å². The molecule has 0 aliphatic heterocycles. The smallest absolute Gasteiger partial charge is 0.340 e. The van der Waals surface area contributed by atoms with Crippen molar-refractivity contribution >= 4 is 52.4 Å². The number of benzene rings is 2. The molecule has 0 bridgehead atoms. The first kappa shape index (κ1) is 22.2. The fourth-order valence-electron chi connectivity index (χ4n) is 2.43. The number of rotatable bonds is 6. The maximum atomic E-state index is 13.1. The lowest BCUT2D eigenvalue weighted by Crippen LogP contribution is -2.43. The second kappa shape index (κ2) is 10.5. The van der Waals surface area contributed by atoms with E-state index in [-0.39, 0.29) is 5.57 Å². The van der Waals surface area contributed by atoms with Gasteiger partial charge in [0.25, 0.3) is 11.8 Å². The average Bonchev–Trinajstić information content (AvgIpc) is 3.30. The molecule has 3 aromatic rings. The first-order chi connectivity index (χ1) is 14.9. The van der Waals surface area contributed by atoms with Gasteiger partial charge in [-0.25, -0.2) is 9.18 Å². The first-order valence-electron chi connectivity index (χ1n) is 8.95. The van der Waals surface area contributed by atoms with Gasteiger partial charge in [-0.15, -0.1) is 11.3 Å². The molecule has 0 saturated carbocycles. The van der Waals surface area contributed by atoms with Gasteiger partial charge in [0.1, 0.15) is 5.82 Å². The minimum atomic E-state index is -0.731. The summed E-state index contributed by atoms with van der Waals surface area (Å²) in [6, 6.07) is 15.2. The highest BCUT2D eigenvalue weighted by atomic mass is 35.5. The van der Waals surface area contributed by atoms with Crippen LogP contribution in [-0.2, 0) is 14.3 Å². The molecule has 0 aliphatic rings. The summed E-state index contributed by atoms with van der Waals surface area (Å²) in [7, 11) is 0. The molecule has 0 unspecified atom stereocenters. The van der Waals surface area contributed by atoms with Crippen molar-refractivity contribution in [2.45, 2.75) is 0 Å². The van der Waals surface area contributed by atoms with Crippen LogP contribution in [0, 0.1) is 5.82 Å². The highest BCUT2D eigenvalue weighted by Gasteiger charge is 2.17. The molecule has 0 aliphatic carbocycles. The molecule has 2 aromatic carbocycles. The summed E-state index contributed by atoms with van der Waals surface area (Å²) in [5, 5.41) is 2.27. The molecule has 9 heteroatoms. The van der Waals surface area contributed by atoms with E-state index in [0.29, 0.717) is 21.0 Å². The Morgan fingerprint density at radius 1 is 1.00 bits per heavy atom. The number of hydrazine groups is 1. The van der Waals surface area contributed by atoms with Crippen LogP contribution in [0.2, 0.25) is 5.02 Å². The van der Waals surface area contributed by atoms with Crippen LogP contribution in [0.3, 0.4) is 0 Å². The molecule has 1 heterocycles. The molecule has 1 aromatic heterocycles. The highest BCUT2D eigenvalue weighted by Crippen LogP contribution is 2.24. The lowest BCUT2D eigenvalue weighted by atomic mass is 10.1. The number of halogens is 2. The molecule has 0 spiro atoms. The number of nitrogens with one attached hydrogen (secondary N) is 2. The van der Waals surface area contributed by atoms with Crippen molar-refractivity contribution in [3.05, 3.63) is 92.9 Å². The molecule has 0 atom stereocenters. The zero-order valence-corrected chi connectivity index (χ0v) is 17.5. The van der Waals surface area contributed by atoms with Gasteiger partial charge >= 0.3 is 5.97 Å². The Balaban J connectivity index is 1.59. The standard InChI is InChI=1S/C22H16ClFN2O4S/c23-16-7-5-15(6-8-16)21(28)26-25-20(27)13-30-22(29)18(19-2-1-11-31-19)12-14-3-9-17(24)10-4-14/h1-12H,13H2,(H,25,27)(H,26,28). The van der Waals surface area contributed by atoms with Gasteiger partial charge in [0.05, 0.1) is 5.57 Å². The van der Waals surface area contributed by atoms with E-state index in [1.807, 2.05) is 0 Å². The van der Waals surface area contributed by atoms with Crippen LogP contribution < -0.4 is 10.9 Å². The van der Waals surface area contributed by atoms with E-state index >= 15 is 0 Å². The van der Waals surface area contributed by atoms with E-state index in [0.717, 1.165) is 0 Å². The summed E-state index contributed by atoms with van der Waals surface area (Å²) in [6.45, 7) is -0.605. The summed E-state index contributed by atoms with van der Waals surface area (Å²) >= 11 is 7.08. The molecule has 158 valence electrons. The maximum absolute atomic E-state index is 13.1. The molecule has 0 fully saturated rings. The Bertz CT molecular complexity index is 1100. The highest BCUT2D eigenvalue weighted by molar-refractivity contribution is 7.11. The van der Waals surface area contributed by atoms with Gasteiger partial charge in [-0.2, -0.15) is 0 Å². The fourth-order valence-corrected chi connectivity index (χ4v) is 3.29. The fraction of sp³-hybridized carbons (Fsp3) is 0.0455. The Hall–Kier alpha value is -3.49. The molecular formula is C22H16ClFN2O4S. The van der Waals surface area contributed by atoms with Crippen LogP contribution in [0.1, 0.15) is 20.8 Å². The minimum absolute atomic E-state index is 0.222. The summed E-state index contributed by atoms with van der Waals surface area (Å²) in [4.78, 5) is 37.1. The molecule has 2 N–H and O–H groups in total. The van der Waals surface area contributed by atoms with Crippen molar-refractivity contribution in [2.24, 2.45) is 0 Å². The zero-order chi connectivity index (χ0) is 22.2. The zero-order valence-electron chi connectivity index (χ0n) is 15.9. The Morgan fingerprint density at radius 2 is 1.71 bits per heavy atom. The molecule has 2 amide bonds. The molecule has 6 nitrogen and oxygen atoms in total. The maximum Gasteiger partial charge on any atom is 0.340 e. The van der Waals surface area contributed by atoms with Gasteiger partial charge in [0.15, 0.2) is 6.61 Å². The number of esters is 1. The van der Waals surface area contributed by atoms with Gasteiger partial charge in [-0.05, 0) is 59.5 Å². The summed E-state index contributed by atoms with van der Waals surface area (Å²) in [5.74, 6) is -2.39. The quantitative estimate of drug-likeness (QED) is 0.331. The van der Waals surface area contributed by atoms with E-state index in [1.165, 1.54) is 47.7 Å².